The highest BCUT2D eigenvalue weighted by molar-refractivity contribution is 7.86. The summed E-state index contributed by atoms with van der Waals surface area (Å²) in [5.74, 6) is -0.0481. The summed E-state index contributed by atoms with van der Waals surface area (Å²) >= 11 is 0. The van der Waals surface area contributed by atoms with Crippen molar-refractivity contribution in [2.45, 2.75) is 83.9 Å². The lowest BCUT2D eigenvalue weighted by Crippen LogP contribution is -2.18. The Hall–Kier alpha value is -6.36. The van der Waals surface area contributed by atoms with Crippen LogP contribution in [0.4, 0.5) is 38.0 Å². The van der Waals surface area contributed by atoms with Crippen LogP contribution in [0.3, 0.4) is 0 Å². The first-order chi connectivity index (χ1) is 31.6. The second-order valence-corrected chi connectivity index (χ2v) is 21.4. The van der Waals surface area contributed by atoms with E-state index < -0.39 is 57.2 Å². The summed E-state index contributed by atoms with van der Waals surface area (Å²) < 4.78 is 128. The molecule has 0 bridgehead atoms. The van der Waals surface area contributed by atoms with Gasteiger partial charge in [-0.05, 0) is 105 Å². The van der Waals surface area contributed by atoms with Crippen molar-refractivity contribution in [3.8, 4) is 22.5 Å². The Morgan fingerprint density at radius 2 is 1.13 bits per heavy atom. The summed E-state index contributed by atoms with van der Waals surface area (Å²) in [6.07, 6.45) is -1.45. The van der Waals surface area contributed by atoms with Gasteiger partial charge in [-0.25, -0.2) is 14.6 Å². The number of hydrogen-bond donors (Lipinski definition) is 6. The minimum absolute atomic E-state index is 0.0564. The van der Waals surface area contributed by atoms with Gasteiger partial charge in [0.1, 0.15) is 26.0 Å². The molecule has 0 radical (unpaired) electrons. The summed E-state index contributed by atoms with van der Waals surface area (Å²) in [5.41, 5.74) is 3.50. The Morgan fingerprint density at radius 3 is 1.68 bits per heavy atom. The molecule has 362 valence electrons. The Balaban J connectivity index is 1.70. The van der Waals surface area contributed by atoms with E-state index in [1.54, 1.807) is 53.7 Å². The van der Waals surface area contributed by atoms with Crippen molar-refractivity contribution < 1.29 is 62.4 Å². The number of aryl methyl sites for hydroxylation is 4. The second-order valence-electron chi connectivity index (χ2n) is 17.3. The van der Waals surface area contributed by atoms with Gasteiger partial charge in [-0.15, -0.1) is 0 Å². The average Bonchev–Trinajstić information content (AvgIpc) is 3.22. The number of anilines is 4. The molecule has 4 aromatic carbocycles. The molecular weight excluding hydrogens is 941 g/mol. The van der Waals surface area contributed by atoms with Gasteiger partial charge in [0.15, 0.2) is 0 Å². The lowest BCUT2D eigenvalue weighted by atomic mass is 9.93. The van der Waals surface area contributed by atoms with E-state index in [0.29, 0.717) is 50.4 Å². The SMILES string of the molecule is Cc1cc(C)c(NC(=O)OCC(C)C)c(C)c1N=c1cc2oc3cc(Nc4c(C)cc(C)c(NC(=O)OCC(C)C)c4C)c(S(=O)(=O)O)cc3c(-c3ccccc3S(=O)(=O)O)c-2cc1S(=O)(=O)O. The van der Waals surface area contributed by atoms with Crippen molar-refractivity contribution >= 4 is 81.9 Å². The third-order valence-corrected chi connectivity index (χ3v) is 13.5. The zero-order chi connectivity index (χ0) is 50.4. The van der Waals surface area contributed by atoms with Gasteiger partial charge in [0, 0.05) is 39.9 Å². The Morgan fingerprint density at radius 1 is 0.618 bits per heavy atom. The molecule has 18 nitrogen and oxygen atoms in total. The number of carbonyl (C=O) groups is 2. The highest BCUT2D eigenvalue weighted by Gasteiger charge is 2.30. The molecule has 0 fully saturated rings. The fraction of sp³-hybridized carbons (Fsp3) is 0.298. The molecule has 1 aliphatic heterocycles. The number of nitrogens with zero attached hydrogens (tertiary/aromatic N) is 1. The van der Waals surface area contributed by atoms with Gasteiger partial charge in [-0.2, -0.15) is 25.3 Å². The van der Waals surface area contributed by atoms with E-state index >= 15 is 0 Å². The highest BCUT2D eigenvalue weighted by atomic mass is 32.2. The van der Waals surface area contributed by atoms with Gasteiger partial charge < -0.3 is 19.2 Å². The van der Waals surface area contributed by atoms with Crippen molar-refractivity contribution in [2.24, 2.45) is 16.8 Å². The standard InChI is InChI=1S/C47H52N4O14S3/c1-23(2)21-63-46(52)50-44-27(7)15-25(5)42(29(44)9)48-34-19-36-32(17-39(34)67(57,58)59)41(31-13-11-12-14-38(31)66(54,55)56)33-18-40(68(60,61)62)35(20-37(33)65-36)49-43-26(6)16-28(8)45(30(43)10)51-47(53)64-22-24(3)4/h11-20,23-24,48H,21-22H2,1-10H3,(H,50,52)(H,51,53)(H,54,55,56)(H,57,58,59)(H,60,61,62). The first-order valence-electron chi connectivity index (χ1n) is 21.1. The van der Waals surface area contributed by atoms with Crippen LogP contribution in [-0.4, -0.2) is 64.3 Å². The first-order valence-corrected chi connectivity index (χ1v) is 25.4. The maximum absolute atomic E-state index is 13.3. The van der Waals surface area contributed by atoms with Crippen LogP contribution in [0.2, 0.25) is 0 Å². The predicted molar refractivity (Wildman–Crippen MR) is 257 cm³/mol. The molecule has 2 amide bonds. The van der Waals surface area contributed by atoms with E-state index in [1.165, 1.54) is 30.3 Å². The minimum atomic E-state index is -5.19. The largest absolute Gasteiger partial charge is 0.456 e. The Kier molecular flexibility index (Phi) is 14.5. The van der Waals surface area contributed by atoms with Crippen LogP contribution in [0.1, 0.15) is 61.1 Å². The van der Waals surface area contributed by atoms with E-state index in [0.717, 1.165) is 18.2 Å². The molecule has 6 rings (SSSR count). The van der Waals surface area contributed by atoms with Gasteiger partial charge in [-0.1, -0.05) is 58.0 Å². The second kappa shape index (κ2) is 19.3. The van der Waals surface area contributed by atoms with E-state index in [1.807, 2.05) is 27.7 Å². The normalized spacial score (nSPS) is 12.5. The van der Waals surface area contributed by atoms with E-state index in [-0.39, 0.29) is 75.2 Å². The predicted octanol–water partition coefficient (Wildman–Crippen LogP) is 10.2. The number of carbonyl (C=O) groups excluding carboxylic acids is 2. The molecule has 21 heteroatoms. The maximum Gasteiger partial charge on any atom is 0.411 e. The molecule has 0 saturated heterocycles. The van der Waals surface area contributed by atoms with Crippen LogP contribution in [0, 0.1) is 53.4 Å². The molecule has 4 aromatic rings. The summed E-state index contributed by atoms with van der Waals surface area (Å²) in [6.45, 7) is 18.0. The molecule has 2 aliphatic rings. The molecule has 6 N–H and O–H groups in total. The van der Waals surface area contributed by atoms with E-state index in [4.69, 9.17) is 13.9 Å². The molecule has 1 aliphatic carbocycles. The zero-order valence-electron chi connectivity index (χ0n) is 38.8. The lowest BCUT2D eigenvalue weighted by molar-refractivity contribution is 0.147. The fourth-order valence-corrected chi connectivity index (χ4v) is 9.84. The average molecular weight is 993 g/mol. The summed E-state index contributed by atoms with van der Waals surface area (Å²) in [5, 5.41) is 7.99. The van der Waals surface area contributed by atoms with Crippen LogP contribution in [0.25, 0.3) is 33.4 Å². The van der Waals surface area contributed by atoms with Gasteiger partial charge >= 0.3 is 12.2 Å². The number of benzene rings is 5. The molecular formula is C47H52N4O14S3. The summed E-state index contributed by atoms with van der Waals surface area (Å²) in [4.78, 5) is 28.1. The number of hydrogen-bond acceptors (Lipinski definition) is 13. The van der Waals surface area contributed by atoms with Crippen LogP contribution in [0.15, 0.2) is 84.8 Å². The lowest BCUT2D eigenvalue weighted by Gasteiger charge is -2.22. The molecule has 0 saturated carbocycles. The Labute approximate surface area is 394 Å². The number of nitrogens with one attached hydrogen (secondary N) is 3. The summed E-state index contributed by atoms with van der Waals surface area (Å²) in [6, 6.07) is 12.9. The Bertz CT molecular complexity index is 3420. The maximum atomic E-state index is 13.3. The zero-order valence-corrected chi connectivity index (χ0v) is 41.3. The van der Waals surface area contributed by atoms with Crippen LogP contribution < -0.4 is 21.3 Å². The fourth-order valence-electron chi connectivity index (χ4n) is 7.85. The number of amides is 2. The van der Waals surface area contributed by atoms with Crippen LogP contribution >= 0.6 is 0 Å². The van der Waals surface area contributed by atoms with Crippen LogP contribution in [-0.2, 0) is 39.8 Å². The van der Waals surface area contributed by atoms with Gasteiger partial charge in [0.2, 0.25) is 0 Å². The molecule has 0 unspecified atom stereocenters. The molecule has 1 heterocycles. The number of rotatable bonds is 13. The molecule has 0 spiro atoms. The number of ether oxygens (including phenoxy) is 2. The topological polar surface area (TPSA) is 277 Å². The van der Waals surface area contributed by atoms with Gasteiger partial charge in [0.25, 0.3) is 30.4 Å². The van der Waals surface area contributed by atoms with E-state index in [9.17, 15) is 48.5 Å². The molecule has 68 heavy (non-hydrogen) atoms. The monoisotopic (exact) mass is 992 g/mol. The third kappa shape index (κ3) is 11.0. The smallest absolute Gasteiger partial charge is 0.411 e. The van der Waals surface area contributed by atoms with Gasteiger partial charge in [0.05, 0.1) is 41.3 Å². The summed E-state index contributed by atoms with van der Waals surface area (Å²) in [7, 11) is -15.4. The highest BCUT2D eigenvalue weighted by Crippen LogP contribution is 2.46. The van der Waals surface area contributed by atoms with Crippen molar-refractivity contribution in [1.82, 2.24) is 0 Å². The van der Waals surface area contributed by atoms with Crippen molar-refractivity contribution in [3.63, 3.8) is 0 Å². The molecule has 0 aromatic heterocycles. The van der Waals surface area contributed by atoms with Crippen molar-refractivity contribution in [2.75, 3.05) is 29.2 Å². The van der Waals surface area contributed by atoms with Crippen molar-refractivity contribution in [3.05, 3.63) is 99.4 Å². The van der Waals surface area contributed by atoms with Crippen molar-refractivity contribution in [1.29, 1.82) is 0 Å². The number of fused-ring (bicyclic) bond motifs is 2. The minimum Gasteiger partial charge on any atom is -0.456 e. The quantitative estimate of drug-likeness (QED) is 0.0464. The van der Waals surface area contributed by atoms with E-state index in [2.05, 4.69) is 20.9 Å². The van der Waals surface area contributed by atoms with Gasteiger partial charge in [-0.3, -0.25) is 24.3 Å². The van der Waals surface area contributed by atoms with Crippen LogP contribution in [0.5, 0.6) is 0 Å². The molecule has 0 atom stereocenters. The third-order valence-electron chi connectivity index (χ3n) is 10.8. The first kappa shape index (κ1) is 51.0.